The number of ether oxygens (including phenoxy) is 2. The smallest absolute Gasteiger partial charge is 0.293 e. The Balaban J connectivity index is 1.58. The van der Waals surface area contributed by atoms with Crippen molar-refractivity contribution in [3.8, 4) is 23.8 Å². The second-order valence-electron chi connectivity index (χ2n) is 6.98. The lowest BCUT2D eigenvalue weighted by Gasteiger charge is -2.13. The highest BCUT2D eigenvalue weighted by atomic mass is 79.9. The van der Waals surface area contributed by atoms with Crippen LogP contribution in [0.2, 0.25) is 0 Å². The monoisotopic (exact) mass is 507 g/mol. The average molecular weight is 508 g/mol. The van der Waals surface area contributed by atoms with Crippen molar-refractivity contribution in [2.75, 3.05) is 13.7 Å². The standard InChI is InChI=1S/C25H18BrNO4S/c1-3-10-31-23-20(26)12-17(13-21(23)30-2)14-22-24(28)27(25(29)32-22)15-16-8-9-18-6-4-5-7-19(18)11-16/h1,4-9,11-14H,10,15H2,2H3/b22-14-. The molecule has 1 aliphatic rings. The van der Waals surface area contributed by atoms with E-state index in [1.165, 1.54) is 12.0 Å². The van der Waals surface area contributed by atoms with Crippen molar-refractivity contribution in [1.82, 2.24) is 4.90 Å². The second kappa shape index (κ2) is 9.51. The number of rotatable bonds is 6. The van der Waals surface area contributed by atoms with Crippen LogP contribution in [0.3, 0.4) is 0 Å². The summed E-state index contributed by atoms with van der Waals surface area (Å²) in [5.74, 6) is 3.04. The molecule has 0 aliphatic carbocycles. The van der Waals surface area contributed by atoms with Crippen molar-refractivity contribution in [1.29, 1.82) is 0 Å². The number of thioether (sulfide) groups is 1. The van der Waals surface area contributed by atoms with Crippen LogP contribution >= 0.6 is 27.7 Å². The molecule has 0 aromatic heterocycles. The van der Waals surface area contributed by atoms with E-state index in [1.54, 1.807) is 18.2 Å². The molecule has 0 N–H and O–H groups in total. The Hall–Kier alpha value is -3.21. The molecular weight excluding hydrogens is 490 g/mol. The normalized spacial score (nSPS) is 14.8. The van der Waals surface area contributed by atoms with Gasteiger partial charge in [0.05, 0.1) is 23.0 Å². The summed E-state index contributed by atoms with van der Waals surface area (Å²) in [6.07, 6.45) is 6.93. The predicted octanol–water partition coefficient (Wildman–Crippen LogP) is 5.86. The van der Waals surface area contributed by atoms with E-state index >= 15 is 0 Å². The van der Waals surface area contributed by atoms with E-state index in [2.05, 4.69) is 21.9 Å². The van der Waals surface area contributed by atoms with Gasteiger partial charge in [0.15, 0.2) is 11.5 Å². The number of imide groups is 1. The van der Waals surface area contributed by atoms with E-state index in [0.717, 1.165) is 28.1 Å². The molecule has 0 spiro atoms. The van der Waals surface area contributed by atoms with Crippen molar-refractivity contribution >= 4 is 55.7 Å². The number of nitrogens with zero attached hydrogens (tertiary/aromatic N) is 1. The third-order valence-corrected chi connectivity index (χ3v) is 6.37. The van der Waals surface area contributed by atoms with E-state index in [0.29, 0.717) is 26.4 Å². The van der Waals surface area contributed by atoms with Crippen LogP contribution in [0, 0.1) is 12.3 Å². The molecule has 3 aromatic rings. The first kappa shape index (κ1) is 22.0. The molecule has 0 unspecified atom stereocenters. The fourth-order valence-electron chi connectivity index (χ4n) is 3.38. The fraction of sp³-hybridized carbons (Fsp3) is 0.120. The van der Waals surface area contributed by atoms with Gasteiger partial charge in [-0.25, -0.2) is 0 Å². The van der Waals surface area contributed by atoms with Gasteiger partial charge in [-0.15, -0.1) is 6.42 Å². The summed E-state index contributed by atoms with van der Waals surface area (Å²) in [6, 6.07) is 17.4. The van der Waals surface area contributed by atoms with Gasteiger partial charge in [0.2, 0.25) is 0 Å². The maximum Gasteiger partial charge on any atom is 0.293 e. The quantitative estimate of drug-likeness (QED) is 0.309. The van der Waals surface area contributed by atoms with Crippen LogP contribution in [0.15, 0.2) is 64.0 Å². The molecule has 1 heterocycles. The van der Waals surface area contributed by atoms with Crippen LogP contribution in [0.25, 0.3) is 16.8 Å². The molecule has 0 radical (unpaired) electrons. The zero-order valence-corrected chi connectivity index (χ0v) is 19.5. The van der Waals surface area contributed by atoms with Crippen LogP contribution in [-0.4, -0.2) is 29.8 Å². The van der Waals surface area contributed by atoms with E-state index in [4.69, 9.17) is 15.9 Å². The number of terminal acetylenes is 1. The van der Waals surface area contributed by atoms with Crippen LogP contribution in [0.1, 0.15) is 11.1 Å². The summed E-state index contributed by atoms with van der Waals surface area (Å²) in [6.45, 7) is 0.320. The lowest BCUT2D eigenvalue weighted by Crippen LogP contribution is -2.27. The molecule has 160 valence electrons. The summed E-state index contributed by atoms with van der Waals surface area (Å²) in [7, 11) is 1.52. The van der Waals surface area contributed by atoms with Crippen molar-refractivity contribution in [3.63, 3.8) is 0 Å². The fourth-order valence-corrected chi connectivity index (χ4v) is 4.80. The van der Waals surface area contributed by atoms with Crippen LogP contribution in [0.4, 0.5) is 4.79 Å². The van der Waals surface area contributed by atoms with Gasteiger partial charge in [-0.2, -0.15) is 0 Å². The molecular formula is C25H18BrNO4S. The highest BCUT2D eigenvalue weighted by molar-refractivity contribution is 9.10. The number of carbonyl (C=O) groups is 2. The van der Waals surface area contributed by atoms with Gasteiger partial charge in [0.1, 0.15) is 6.61 Å². The molecule has 1 saturated heterocycles. The van der Waals surface area contributed by atoms with Crippen molar-refractivity contribution in [3.05, 3.63) is 75.1 Å². The molecule has 5 nitrogen and oxygen atoms in total. The van der Waals surface area contributed by atoms with Gasteiger partial charge in [-0.05, 0) is 73.9 Å². The Morgan fingerprint density at radius 1 is 1.12 bits per heavy atom. The number of amides is 2. The van der Waals surface area contributed by atoms with Gasteiger partial charge in [0, 0.05) is 0 Å². The maximum atomic E-state index is 13.0. The molecule has 1 aliphatic heterocycles. The summed E-state index contributed by atoms with van der Waals surface area (Å²) in [5.41, 5.74) is 1.59. The van der Waals surface area contributed by atoms with Gasteiger partial charge in [-0.3, -0.25) is 14.5 Å². The number of methoxy groups -OCH3 is 1. The highest BCUT2D eigenvalue weighted by Gasteiger charge is 2.35. The number of benzene rings is 3. The summed E-state index contributed by atoms with van der Waals surface area (Å²) >= 11 is 4.37. The van der Waals surface area contributed by atoms with Crippen LogP contribution in [-0.2, 0) is 11.3 Å². The Bertz CT molecular complexity index is 1290. The zero-order valence-electron chi connectivity index (χ0n) is 17.1. The molecule has 7 heteroatoms. The Kier molecular flexibility index (Phi) is 6.54. The molecule has 4 rings (SSSR count). The first-order valence-corrected chi connectivity index (χ1v) is 11.3. The lowest BCUT2D eigenvalue weighted by atomic mass is 10.1. The summed E-state index contributed by atoms with van der Waals surface area (Å²) < 4.78 is 11.5. The van der Waals surface area contributed by atoms with E-state index in [9.17, 15) is 9.59 Å². The number of halogens is 1. The minimum absolute atomic E-state index is 0.0992. The van der Waals surface area contributed by atoms with E-state index < -0.39 is 0 Å². The first-order valence-electron chi connectivity index (χ1n) is 9.67. The third-order valence-electron chi connectivity index (χ3n) is 4.88. The molecule has 1 fully saturated rings. The zero-order chi connectivity index (χ0) is 22.7. The van der Waals surface area contributed by atoms with Gasteiger partial charge < -0.3 is 9.47 Å². The highest BCUT2D eigenvalue weighted by Crippen LogP contribution is 2.39. The van der Waals surface area contributed by atoms with Crippen molar-refractivity contribution in [2.24, 2.45) is 0 Å². The lowest BCUT2D eigenvalue weighted by molar-refractivity contribution is -0.123. The number of fused-ring (bicyclic) bond motifs is 1. The number of hydrogen-bond acceptors (Lipinski definition) is 5. The average Bonchev–Trinajstić information content (AvgIpc) is 3.05. The van der Waals surface area contributed by atoms with Crippen LogP contribution < -0.4 is 9.47 Å². The van der Waals surface area contributed by atoms with Gasteiger partial charge in [-0.1, -0.05) is 42.3 Å². The van der Waals surface area contributed by atoms with Crippen molar-refractivity contribution < 1.29 is 19.1 Å². The Morgan fingerprint density at radius 3 is 2.66 bits per heavy atom. The largest absolute Gasteiger partial charge is 0.493 e. The molecule has 0 atom stereocenters. The summed E-state index contributed by atoms with van der Waals surface area (Å²) in [5, 5.41) is 1.88. The summed E-state index contributed by atoms with van der Waals surface area (Å²) in [4.78, 5) is 27.1. The first-order chi connectivity index (χ1) is 15.5. The molecule has 0 bridgehead atoms. The molecule has 2 amide bonds. The van der Waals surface area contributed by atoms with Crippen molar-refractivity contribution in [2.45, 2.75) is 6.54 Å². The molecule has 32 heavy (non-hydrogen) atoms. The van der Waals surface area contributed by atoms with Gasteiger partial charge in [0.25, 0.3) is 11.1 Å². The maximum absolute atomic E-state index is 13.0. The molecule has 0 saturated carbocycles. The molecule has 3 aromatic carbocycles. The third kappa shape index (κ3) is 4.52. The Labute approximate surface area is 198 Å². The second-order valence-corrected chi connectivity index (χ2v) is 8.82. The minimum Gasteiger partial charge on any atom is -0.493 e. The predicted molar refractivity (Wildman–Crippen MR) is 130 cm³/mol. The number of carbonyl (C=O) groups excluding carboxylic acids is 2. The topological polar surface area (TPSA) is 55.8 Å². The van der Waals surface area contributed by atoms with E-state index in [1.807, 2.05) is 42.5 Å². The van der Waals surface area contributed by atoms with Gasteiger partial charge >= 0.3 is 0 Å². The minimum atomic E-state index is -0.323. The Morgan fingerprint density at radius 2 is 1.91 bits per heavy atom. The SMILES string of the molecule is C#CCOc1c(Br)cc(/C=C2\SC(=O)N(Cc3ccc4ccccc4c3)C2=O)cc1OC. The number of hydrogen-bond donors (Lipinski definition) is 0. The van der Waals surface area contributed by atoms with E-state index in [-0.39, 0.29) is 24.3 Å². The van der Waals surface area contributed by atoms with Crippen LogP contribution in [0.5, 0.6) is 11.5 Å².